The van der Waals surface area contributed by atoms with Crippen molar-refractivity contribution >= 4 is 75.9 Å². The van der Waals surface area contributed by atoms with Crippen LogP contribution in [0.2, 0.25) is 0 Å². The summed E-state index contributed by atoms with van der Waals surface area (Å²) in [6.07, 6.45) is 5.84. The molecule has 0 aliphatic rings. The fourth-order valence-corrected chi connectivity index (χ4v) is 11.0. The van der Waals surface area contributed by atoms with Gasteiger partial charge in [0.1, 0.15) is 60.4 Å². The number of aliphatic hydroxyl groups is 3. The second-order valence-electron chi connectivity index (χ2n) is 25.4. The van der Waals surface area contributed by atoms with E-state index in [1.54, 1.807) is 62.5 Å². The third kappa shape index (κ3) is 27.1. The lowest BCUT2D eigenvalue weighted by molar-refractivity contribution is -0.142. The molecule has 34 nitrogen and oxygen atoms in total. The van der Waals surface area contributed by atoms with E-state index in [-0.39, 0.29) is 63.8 Å². The number of hydrogen-bond donors (Lipinski definition) is 21. The summed E-state index contributed by atoms with van der Waals surface area (Å²) in [5, 5.41) is 69.1. The highest BCUT2D eigenvalue weighted by Crippen LogP contribution is 2.20. The fourth-order valence-electron chi connectivity index (χ4n) is 11.0. The molecule has 25 N–H and O–H groups in total. The molecule has 2 aromatic carbocycles. The summed E-state index contributed by atoms with van der Waals surface area (Å²) in [5.41, 5.74) is 25.7. The number of rotatable bonds is 46. The van der Waals surface area contributed by atoms with Gasteiger partial charge in [-0.15, -0.1) is 0 Å². The molecule has 5 aromatic rings. The zero-order valence-corrected chi connectivity index (χ0v) is 57.4. The Morgan fingerprint density at radius 2 is 0.851 bits per heavy atom. The zero-order chi connectivity index (χ0) is 74.1. The van der Waals surface area contributed by atoms with Crippen LogP contribution in [-0.4, -0.2) is 215 Å². The summed E-state index contributed by atoms with van der Waals surface area (Å²) in [6.45, 7) is 5.61. The van der Waals surface area contributed by atoms with Gasteiger partial charge in [0.15, 0.2) is 0 Å². The number of unbranched alkanes of at least 4 members (excludes halogenated alkanes) is 3. The molecule has 3 aromatic heterocycles. The van der Waals surface area contributed by atoms with Gasteiger partial charge in [-0.1, -0.05) is 68.8 Å². The van der Waals surface area contributed by atoms with Crippen molar-refractivity contribution in [1.82, 2.24) is 78.1 Å². The van der Waals surface area contributed by atoms with Gasteiger partial charge < -0.3 is 111 Å². The molecular formula is C67H101N19O15. The Morgan fingerprint density at radius 3 is 1.32 bits per heavy atom. The monoisotopic (exact) mass is 1410 g/mol. The lowest BCUT2D eigenvalue weighted by Crippen LogP contribution is -2.63. The van der Waals surface area contributed by atoms with Crippen LogP contribution < -0.4 is 76.1 Å². The number of carbonyl (C=O) groups is 11. The number of nitrogens with one attached hydrogen (secondary N) is 13. The first-order valence-corrected chi connectivity index (χ1v) is 33.9. The van der Waals surface area contributed by atoms with E-state index in [9.17, 15) is 73.2 Å². The lowest BCUT2D eigenvalue weighted by Gasteiger charge is -2.29. The van der Waals surface area contributed by atoms with Crippen LogP contribution >= 0.6 is 0 Å². The van der Waals surface area contributed by atoms with Crippen LogP contribution in [0.1, 0.15) is 114 Å². The Morgan fingerprint density at radius 1 is 0.446 bits per heavy atom. The van der Waals surface area contributed by atoms with Crippen LogP contribution in [0, 0.1) is 5.92 Å². The number of nitrogens with zero attached hydrogens (tertiary/aromatic N) is 2. The van der Waals surface area contributed by atoms with Gasteiger partial charge in [0.05, 0.1) is 37.5 Å². The van der Waals surface area contributed by atoms with E-state index < -0.39 is 150 Å². The number of aliphatic carboxylic acids is 1. The number of aromatic nitrogens is 5. The summed E-state index contributed by atoms with van der Waals surface area (Å²) < 4.78 is 0. The van der Waals surface area contributed by atoms with Gasteiger partial charge in [0.25, 0.3) is 0 Å². The summed E-state index contributed by atoms with van der Waals surface area (Å²) in [7, 11) is 0. The highest BCUT2D eigenvalue weighted by molar-refractivity contribution is 5.99. The average molecular weight is 1410 g/mol. The zero-order valence-electron chi connectivity index (χ0n) is 57.4. The normalized spacial score (nSPS) is 15.2. The smallest absolute Gasteiger partial charge is 0.326 e. The number of aliphatic hydroxyl groups excluding tert-OH is 3. The van der Waals surface area contributed by atoms with E-state index in [4.69, 9.17) is 22.9 Å². The van der Waals surface area contributed by atoms with Gasteiger partial charge in [0, 0.05) is 66.6 Å². The number of amides is 10. The number of para-hydroxylation sites is 1. The van der Waals surface area contributed by atoms with Crippen LogP contribution in [-0.2, 0) is 78.4 Å². The molecule has 0 unspecified atom stereocenters. The van der Waals surface area contributed by atoms with Crippen molar-refractivity contribution in [3.8, 4) is 0 Å². The van der Waals surface area contributed by atoms with Crippen LogP contribution in [0.15, 0.2) is 85.8 Å². The lowest BCUT2D eigenvalue weighted by atomic mass is 10.0. The maximum atomic E-state index is 14.7. The van der Waals surface area contributed by atoms with Crippen molar-refractivity contribution in [1.29, 1.82) is 0 Å². The number of aromatic amines is 3. The Hall–Kier alpha value is -9.71. The van der Waals surface area contributed by atoms with E-state index >= 15 is 0 Å². The molecule has 34 heteroatoms. The van der Waals surface area contributed by atoms with E-state index in [1.807, 2.05) is 12.1 Å². The topological polar surface area (TPSA) is 566 Å². The molecule has 0 bridgehead atoms. The number of imidazole rings is 2. The van der Waals surface area contributed by atoms with E-state index in [2.05, 4.69) is 78.1 Å². The van der Waals surface area contributed by atoms with Gasteiger partial charge in [-0.2, -0.15) is 0 Å². The SMILES string of the molecule is CC(C)C[C@H](NC(=O)[C@@H](NC(=O)[C@H](CCCCN)NC(=O)[C@@H](N)CCCCN)[C@@H](C)O)C(=O)N[C@H](C(=O)N[C@@H](CCCCN)C(=O)N[C@@H](CO)C(=O)N[C@@H](Cc1ccccc1)C(=O)N[C@@H](Cc1cnc[nH]1)C(=O)N[C@@H](Cc1cnc[nH]1)C(=O)N[C@@H](Cc1c[nH]c2ccccc12)C(=O)O)[C@@H](C)O. The third-order valence-electron chi connectivity index (χ3n) is 16.6. The summed E-state index contributed by atoms with van der Waals surface area (Å²) in [4.78, 5) is 171. The number of nitrogens with two attached hydrogens (primary N) is 4. The molecule has 554 valence electrons. The van der Waals surface area contributed by atoms with Gasteiger partial charge in [-0.05, 0) is 114 Å². The first kappa shape index (κ1) is 82.0. The standard InChI is InChI=1S/C67H101N19O15/c1-37(2)26-49(82-66(99)56(39(4)89)85-59(92)48(22-12-15-25-70)77-57(90)45(71)19-10-13-23-68)63(96)86-55(38(3)88)65(98)78-47(21-11-14-24-69)58(91)84-54(34-87)64(97)79-50(27-40-16-6-5-7-17-40)60(93)80-51(29-42-32-72-35-75-42)61(94)81-52(30-43-33-73-36-76-43)62(95)83-53(67(100)101)28-41-31-74-46-20-9-8-18-44(41)46/h5-9,16-18,20,31-33,35-39,45,47-56,74,87-89H,10-15,19,21-30,34,68-71H2,1-4H3,(H,72,75)(H,73,76)(H,77,90)(H,78,98)(H,79,97)(H,80,93)(H,81,94)(H,82,99)(H,83,95)(H,84,91)(H,85,92)(H,86,96)(H,100,101)/t38-,39-,45+,47+,48+,49+,50+,51+,52+,53+,54+,55+,56+/m1/s1. The number of carboxylic acid groups (broad SMARTS) is 1. The maximum absolute atomic E-state index is 14.7. The van der Waals surface area contributed by atoms with Gasteiger partial charge in [-0.25, -0.2) is 14.8 Å². The van der Waals surface area contributed by atoms with Crippen molar-refractivity contribution in [3.05, 3.63) is 108 Å². The number of fused-ring (bicyclic) bond motifs is 1. The molecule has 101 heavy (non-hydrogen) atoms. The molecule has 0 saturated heterocycles. The maximum Gasteiger partial charge on any atom is 0.326 e. The Balaban J connectivity index is 1.33. The highest BCUT2D eigenvalue weighted by atomic mass is 16.4. The van der Waals surface area contributed by atoms with Crippen molar-refractivity contribution < 1.29 is 73.2 Å². The van der Waals surface area contributed by atoms with Gasteiger partial charge >= 0.3 is 5.97 Å². The first-order valence-electron chi connectivity index (χ1n) is 33.9. The fraction of sp³-hybridized carbons (Fsp3) is 0.537. The van der Waals surface area contributed by atoms with E-state index in [0.29, 0.717) is 74.1 Å². The largest absolute Gasteiger partial charge is 0.480 e. The molecule has 0 fully saturated rings. The number of H-pyrrole nitrogens is 3. The molecule has 13 atom stereocenters. The molecule has 0 aliphatic carbocycles. The minimum absolute atomic E-state index is 0.0735. The van der Waals surface area contributed by atoms with Gasteiger partial charge in [0.2, 0.25) is 59.1 Å². The number of carbonyl (C=O) groups excluding carboxylic acids is 10. The third-order valence-corrected chi connectivity index (χ3v) is 16.6. The van der Waals surface area contributed by atoms with Crippen molar-refractivity contribution in [2.75, 3.05) is 26.2 Å². The summed E-state index contributed by atoms with van der Waals surface area (Å²) in [6, 6.07) is -0.957. The molecule has 0 aliphatic heterocycles. The van der Waals surface area contributed by atoms with E-state index in [0.717, 1.165) is 10.9 Å². The molecular weight excluding hydrogens is 1310 g/mol. The first-order chi connectivity index (χ1) is 48.3. The van der Waals surface area contributed by atoms with Crippen molar-refractivity contribution in [2.24, 2.45) is 28.9 Å². The molecule has 0 saturated carbocycles. The predicted octanol–water partition coefficient (Wildman–Crippen LogP) is -3.67. The Kier molecular flexibility index (Phi) is 34.4. The van der Waals surface area contributed by atoms with Crippen LogP contribution in [0.4, 0.5) is 0 Å². The molecule has 5 rings (SSSR count). The second kappa shape index (κ2) is 42.4. The van der Waals surface area contributed by atoms with Crippen LogP contribution in [0.5, 0.6) is 0 Å². The van der Waals surface area contributed by atoms with Crippen LogP contribution in [0.25, 0.3) is 10.9 Å². The number of hydrogen-bond acceptors (Lipinski definition) is 20. The molecule has 0 radical (unpaired) electrons. The average Bonchev–Trinajstić information content (AvgIpc) is 1.75. The minimum atomic E-state index is -1.82. The van der Waals surface area contributed by atoms with Crippen LogP contribution in [0.3, 0.4) is 0 Å². The van der Waals surface area contributed by atoms with E-state index in [1.165, 1.54) is 38.9 Å². The Bertz CT molecular complexity index is 3450. The predicted molar refractivity (Wildman–Crippen MR) is 370 cm³/mol. The van der Waals surface area contributed by atoms with Gasteiger partial charge in [-0.3, -0.25) is 47.9 Å². The van der Waals surface area contributed by atoms with Crippen molar-refractivity contribution in [3.63, 3.8) is 0 Å². The highest BCUT2D eigenvalue weighted by Gasteiger charge is 2.38. The second-order valence-corrected chi connectivity index (χ2v) is 25.4. The summed E-state index contributed by atoms with van der Waals surface area (Å²) in [5.74, 6) is -11.2. The molecule has 3 heterocycles. The Labute approximate surface area is 584 Å². The quantitative estimate of drug-likeness (QED) is 0.0167. The minimum Gasteiger partial charge on any atom is -0.480 e. The molecule has 0 spiro atoms. The summed E-state index contributed by atoms with van der Waals surface area (Å²) >= 11 is 0. The van der Waals surface area contributed by atoms with Crippen molar-refractivity contribution in [2.45, 2.75) is 196 Å². The molecule has 10 amide bonds. The number of benzene rings is 2. The number of carboxylic acids is 1.